The first-order valence-corrected chi connectivity index (χ1v) is 8.18. The SMILES string of the molecule is COc1ccc(Nc2nc(C)cc(NCc3cccc(C)c3)n2)cc1. The van der Waals surface area contributed by atoms with Crippen LogP contribution in [0.15, 0.2) is 54.6 Å². The van der Waals surface area contributed by atoms with Crippen molar-refractivity contribution >= 4 is 17.5 Å². The Labute approximate surface area is 148 Å². The number of nitrogens with zero attached hydrogens (tertiary/aromatic N) is 2. The molecule has 0 amide bonds. The van der Waals surface area contributed by atoms with E-state index in [1.165, 1.54) is 11.1 Å². The van der Waals surface area contributed by atoms with E-state index in [9.17, 15) is 0 Å². The lowest BCUT2D eigenvalue weighted by atomic mass is 10.1. The Morgan fingerprint density at radius 2 is 1.76 bits per heavy atom. The molecule has 3 rings (SSSR count). The van der Waals surface area contributed by atoms with Crippen molar-refractivity contribution in [2.75, 3.05) is 17.7 Å². The van der Waals surface area contributed by atoms with Crippen molar-refractivity contribution in [3.63, 3.8) is 0 Å². The van der Waals surface area contributed by atoms with Crippen molar-refractivity contribution in [2.24, 2.45) is 0 Å². The summed E-state index contributed by atoms with van der Waals surface area (Å²) >= 11 is 0. The van der Waals surface area contributed by atoms with E-state index in [-0.39, 0.29) is 0 Å². The Hall–Kier alpha value is -3.08. The molecule has 25 heavy (non-hydrogen) atoms. The Morgan fingerprint density at radius 1 is 0.960 bits per heavy atom. The van der Waals surface area contributed by atoms with Crippen molar-refractivity contribution in [1.82, 2.24) is 9.97 Å². The highest BCUT2D eigenvalue weighted by molar-refractivity contribution is 5.56. The second kappa shape index (κ2) is 7.66. The van der Waals surface area contributed by atoms with Gasteiger partial charge < -0.3 is 15.4 Å². The minimum atomic E-state index is 0.567. The molecule has 0 saturated heterocycles. The number of aryl methyl sites for hydroxylation is 2. The quantitative estimate of drug-likeness (QED) is 0.697. The van der Waals surface area contributed by atoms with Gasteiger partial charge in [0, 0.05) is 24.0 Å². The van der Waals surface area contributed by atoms with E-state index in [1.807, 2.05) is 37.3 Å². The van der Waals surface area contributed by atoms with Crippen molar-refractivity contribution in [3.05, 3.63) is 71.4 Å². The largest absolute Gasteiger partial charge is 0.497 e. The number of hydrogen-bond acceptors (Lipinski definition) is 5. The molecular weight excluding hydrogens is 312 g/mol. The molecule has 0 unspecified atom stereocenters. The molecule has 2 aromatic carbocycles. The van der Waals surface area contributed by atoms with E-state index in [0.717, 1.165) is 29.5 Å². The van der Waals surface area contributed by atoms with Gasteiger partial charge in [-0.1, -0.05) is 29.8 Å². The summed E-state index contributed by atoms with van der Waals surface area (Å²) < 4.78 is 5.17. The summed E-state index contributed by atoms with van der Waals surface area (Å²) in [5.41, 5.74) is 4.29. The normalized spacial score (nSPS) is 10.4. The Kier molecular flexibility index (Phi) is 5.14. The lowest BCUT2D eigenvalue weighted by Crippen LogP contribution is -2.05. The molecule has 0 radical (unpaired) electrons. The maximum atomic E-state index is 5.17. The lowest BCUT2D eigenvalue weighted by Gasteiger charge is -2.11. The van der Waals surface area contributed by atoms with Crippen molar-refractivity contribution in [3.8, 4) is 5.75 Å². The summed E-state index contributed by atoms with van der Waals surface area (Å²) in [6.07, 6.45) is 0. The van der Waals surface area contributed by atoms with Crippen LogP contribution in [-0.4, -0.2) is 17.1 Å². The van der Waals surface area contributed by atoms with Crippen LogP contribution in [0.4, 0.5) is 17.5 Å². The van der Waals surface area contributed by atoms with Gasteiger partial charge >= 0.3 is 0 Å². The predicted molar refractivity (Wildman–Crippen MR) is 102 cm³/mol. The van der Waals surface area contributed by atoms with Gasteiger partial charge in [-0.05, 0) is 43.7 Å². The van der Waals surface area contributed by atoms with Crippen LogP contribution in [0.25, 0.3) is 0 Å². The monoisotopic (exact) mass is 334 g/mol. The number of hydrogen-bond donors (Lipinski definition) is 2. The highest BCUT2D eigenvalue weighted by atomic mass is 16.5. The second-order valence-corrected chi connectivity index (χ2v) is 5.91. The summed E-state index contributed by atoms with van der Waals surface area (Å²) in [6.45, 7) is 4.77. The van der Waals surface area contributed by atoms with Gasteiger partial charge in [0.15, 0.2) is 0 Å². The second-order valence-electron chi connectivity index (χ2n) is 5.91. The number of rotatable bonds is 6. The molecule has 0 bridgehead atoms. The van der Waals surface area contributed by atoms with Gasteiger partial charge in [0.2, 0.25) is 5.95 Å². The van der Waals surface area contributed by atoms with Gasteiger partial charge in [0.25, 0.3) is 0 Å². The molecular formula is C20H22N4O. The molecule has 0 atom stereocenters. The van der Waals surface area contributed by atoms with Crippen molar-refractivity contribution in [2.45, 2.75) is 20.4 Å². The molecule has 0 aliphatic heterocycles. The van der Waals surface area contributed by atoms with Crippen LogP contribution in [0.2, 0.25) is 0 Å². The number of ether oxygens (including phenoxy) is 1. The van der Waals surface area contributed by atoms with Crippen molar-refractivity contribution < 1.29 is 4.74 Å². The molecule has 5 nitrogen and oxygen atoms in total. The van der Waals surface area contributed by atoms with Crippen LogP contribution in [0.5, 0.6) is 5.75 Å². The van der Waals surface area contributed by atoms with Crippen LogP contribution in [0.1, 0.15) is 16.8 Å². The fraction of sp³-hybridized carbons (Fsp3) is 0.200. The summed E-state index contributed by atoms with van der Waals surface area (Å²) in [7, 11) is 1.65. The van der Waals surface area contributed by atoms with Gasteiger partial charge in [0.1, 0.15) is 11.6 Å². The first-order chi connectivity index (χ1) is 12.1. The first-order valence-electron chi connectivity index (χ1n) is 8.18. The average Bonchev–Trinajstić information content (AvgIpc) is 2.60. The zero-order valence-corrected chi connectivity index (χ0v) is 14.7. The molecule has 128 valence electrons. The van der Waals surface area contributed by atoms with Crippen LogP contribution in [-0.2, 0) is 6.54 Å². The van der Waals surface area contributed by atoms with E-state index in [0.29, 0.717) is 5.95 Å². The third-order valence-electron chi connectivity index (χ3n) is 3.76. The minimum Gasteiger partial charge on any atom is -0.497 e. The topological polar surface area (TPSA) is 59.1 Å². The molecule has 0 aliphatic carbocycles. The summed E-state index contributed by atoms with van der Waals surface area (Å²) in [4.78, 5) is 8.99. The van der Waals surface area contributed by atoms with Gasteiger partial charge in [-0.25, -0.2) is 4.98 Å². The molecule has 1 aromatic heterocycles. The standard InChI is InChI=1S/C20H22N4O/c1-14-5-4-6-16(11-14)13-21-19-12-15(2)22-20(24-19)23-17-7-9-18(25-3)10-8-17/h4-12H,13H2,1-3H3,(H2,21,22,23,24). The lowest BCUT2D eigenvalue weighted by molar-refractivity contribution is 0.415. The number of anilines is 3. The van der Waals surface area contributed by atoms with E-state index in [1.54, 1.807) is 7.11 Å². The number of nitrogens with one attached hydrogen (secondary N) is 2. The Bertz CT molecular complexity index is 847. The number of aromatic nitrogens is 2. The molecule has 0 aliphatic rings. The van der Waals surface area contributed by atoms with Gasteiger partial charge in [-0.3, -0.25) is 0 Å². The van der Waals surface area contributed by atoms with E-state index in [2.05, 4.69) is 51.8 Å². The highest BCUT2D eigenvalue weighted by Crippen LogP contribution is 2.19. The molecule has 0 fully saturated rings. The van der Waals surface area contributed by atoms with Gasteiger partial charge in [0.05, 0.1) is 7.11 Å². The average molecular weight is 334 g/mol. The maximum absolute atomic E-state index is 5.17. The zero-order chi connectivity index (χ0) is 17.6. The van der Waals surface area contributed by atoms with Crippen LogP contribution in [0.3, 0.4) is 0 Å². The number of methoxy groups -OCH3 is 1. The third kappa shape index (κ3) is 4.70. The van der Waals surface area contributed by atoms with Gasteiger partial charge in [-0.2, -0.15) is 4.98 Å². The highest BCUT2D eigenvalue weighted by Gasteiger charge is 2.04. The van der Waals surface area contributed by atoms with Crippen LogP contribution >= 0.6 is 0 Å². The Balaban J connectivity index is 1.71. The smallest absolute Gasteiger partial charge is 0.229 e. The zero-order valence-electron chi connectivity index (χ0n) is 14.7. The van der Waals surface area contributed by atoms with Crippen LogP contribution < -0.4 is 15.4 Å². The molecule has 0 spiro atoms. The molecule has 5 heteroatoms. The van der Waals surface area contributed by atoms with Crippen LogP contribution in [0, 0.1) is 13.8 Å². The van der Waals surface area contributed by atoms with E-state index in [4.69, 9.17) is 4.74 Å². The molecule has 0 saturated carbocycles. The third-order valence-corrected chi connectivity index (χ3v) is 3.76. The fourth-order valence-electron chi connectivity index (χ4n) is 2.53. The fourth-order valence-corrected chi connectivity index (χ4v) is 2.53. The minimum absolute atomic E-state index is 0.567. The van der Waals surface area contributed by atoms with Crippen molar-refractivity contribution in [1.29, 1.82) is 0 Å². The summed E-state index contributed by atoms with van der Waals surface area (Å²) in [5.74, 6) is 2.18. The molecule has 3 aromatic rings. The summed E-state index contributed by atoms with van der Waals surface area (Å²) in [6, 6.07) is 18.0. The number of benzene rings is 2. The molecule has 1 heterocycles. The Morgan fingerprint density at radius 3 is 2.48 bits per heavy atom. The summed E-state index contributed by atoms with van der Waals surface area (Å²) in [5, 5.41) is 6.59. The first kappa shape index (κ1) is 16.8. The molecule has 2 N–H and O–H groups in total. The van der Waals surface area contributed by atoms with Gasteiger partial charge in [-0.15, -0.1) is 0 Å². The predicted octanol–water partition coefficient (Wildman–Crippen LogP) is 4.46. The van der Waals surface area contributed by atoms with E-state index >= 15 is 0 Å². The van der Waals surface area contributed by atoms with E-state index < -0.39 is 0 Å². The maximum Gasteiger partial charge on any atom is 0.229 e.